The second-order valence-corrected chi connectivity index (χ2v) is 6.10. The molecule has 21 heavy (non-hydrogen) atoms. The van der Waals surface area contributed by atoms with Gasteiger partial charge in [0.05, 0.1) is 24.2 Å². The maximum Gasteiger partial charge on any atom is 0.110 e. The number of nitrogens with two attached hydrogens (primary N) is 1. The third-order valence-corrected chi connectivity index (χ3v) is 3.76. The van der Waals surface area contributed by atoms with Crippen molar-refractivity contribution < 1.29 is 4.74 Å². The molecule has 0 saturated carbocycles. The molecule has 4 heteroatoms. The van der Waals surface area contributed by atoms with Crippen LogP contribution in [-0.2, 0) is 17.7 Å². The Labute approximate surface area is 127 Å². The summed E-state index contributed by atoms with van der Waals surface area (Å²) in [5, 5.41) is 0. The van der Waals surface area contributed by atoms with Crippen LogP contribution in [0.1, 0.15) is 30.8 Å². The maximum atomic E-state index is 5.55. The summed E-state index contributed by atoms with van der Waals surface area (Å²) < 4.78 is 7.85. The van der Waals surface area contributed by atoms with Crippen molar-refractivity contribution in [3.8, 4) is 0 Å². The topological polar surface area (TPSA) is 53.1 Å². The number of imidazole rings is 1. The molecule has 0 aliphatic carbocycles. The largest absolute Gasteiger partial charge is 0.378 e. The van der Waals surface area contributed by atoms with Gasteiger partial charge in [0.15, 0.2) is 0 Å². The number of benzene rings is 1. The third-order valence-electron chi connectivity index (χ3n) is 3.76. The monoisotopic (exact) mass is 289 g/mol. The zero-order chi connectivity index (χ0) is 15.4. The highest BCUT2D eigenvalue weighted by Gasteiger charge is 2.13. The van der Waals surface area contributed by atoms with E-state index in [0.717, 1.165) is 24.3 Å². The van der Waals surface area contributed by atoms with E-state index in [0.29, 0.717) is 25.7 Å². The minimum absolute atomic E-state index is 0.571. The summed E-state index contributed by atoms with van der Waals surface area (Å²) in [6, 6.07) is 4.43. The molecule has 1 aromatic heterocycles. The lowest BCUT2D eigenvalue weighted by Gasteiger charge is -2.11. The molecule has 2 aromatic rings. The van der Waals surface area contributed by atoms with Gasteiger partial charge < -0.3 is 15.0 Å². The fourth-order valence-corrected chi connectivity index (χ4v) is 2.54. The van der Waals surface area contributed by atoms with E-state index >= 15 is 0 Å². The highest BCUT2D eigenvalue weighted by atomic mass is 16.5. The van der Waals surface area contributed by atoms with Gasteiger partial charge in [-0.2, -0.15) is 0 Å². The predicted octanol–water partition coefficient (Wildman–Crippen LogP) is 2.83. The van der Waals surface area contributed by atoms with E-state index in [1.807, 2.05) is 0 Å². The van der Waals surface area contributed by atoms with Crippen molar-refractivity contribution >= 4 is 11.0 Å². The van der Waals surface area contributed by atoms with Gasteiger partial charge in [0.25, 0.3) is 0 Å². The van der Waals surface area contributed by atoms with E-state index in [2.05, 4.69) is 44.4 Å². The first-order valence-electron chi connectivity index (χ1n) is 7.77. The number of hydrogen-bond donors (Lipinski definition) is 1. The number of aryl methyl sites for hydroxylation is 2. The summed E-state index contributed by atoms with van der Waals surface area (Å²) >= 11 is 0. The van der Waals surface area contributed by atoms with Crippen LogP contribution in [0.2, 0.25) is 0 Å². The molecular weight excluding hydrogens is 262 g/mol. The number of aromatic nitrogens is 2. The van der Waals surface area contributed by atoms with Crippen LogP contribution in [-0.4, -0.2) is 29.3 Å². The molecule has 0 bridgehead atoms. The van der Waals surface area contributed by atoms with Crippen LogP contribution in [0.3, 0.4) is 0 Å². The highest BCUT2D eigenvalue weighted by Crippen LogP contribution is 2.22. The van der Waals surface area contributed by atoms with E-state index in [1.54, 1.807) is 0 Å². The quantitative estimate of drug-likeness (QED) is 0.797. The number of ether oxygens (including phenoxy) is 1. The Morgan fingerprint density at radius 3 is 2.57 bits per heavy atom. The zero-order valence-electron chi connectivity index (χ0n) is 13.6. The molecule has 0 unspecified atom stereocenters. The molecule has 2 N–H and O–H groups in total. The number of fused-ring (bicyclic) bond motifs is 1. The Bertz CT molecular complexity index is 602. The smallest absolute Gasteiger partial charge is 0.110 e. The Kier molecular flexibility index (Phi) is 5.37. The first-order valence-corrected chi connectivity index (χ1v) is 7.77. The van der Waals surface area contributed by atoms with Gasteiger partial charge in [-0.1, -0.05) is 13.8 Å². The molecule has 0 saturated heterocycles. The van der Waals surface area contributed by atoms with Crippen LogP contribution in [0, 0.1) is 19.8 Å². The van der Waals surface area contributed by atoms with Crippen molar-refractivity contribution in [1.29, 1.82) is 0 Å². The van der Waals surface area contributed by atoms with Crippen LogP contribution in [0.15, 0.2) is 12.1 Å². The Morgan fingerprint density at radius 1 is 1.19 bits per heavy atom. The molecule has 4 nitrogen and oxygen atoms in total. The normalized spacial score (nSPS) is 11.7. The molecule has 2 rings (SSSR count). The molecule has 0 aliphatic rings. The Morgan fingerprint density at radius 2 is 1.90 bits per heavy atom. The van der Waals surface area contributed by atoms with E-state index in [1.165, 1.54) is 16.6 Å². The van der Waals surface area contributed by atoms with Gasteiger partial charge in [-0.05, 0) is 43.0 Å². The summed E-state index contributed by atoms with van der Waals surface area (Å²) in [7, 11) is 0. The van der Waals surface area contributed by atoms with Crippen molar-refractivity contribution in [3.63, 3.8) is 0 Å². The van der Waals surface area contributed by atoms with Crippen LogP contribution in [0.4, 0.5) is 0 Å². The van der Waals surface area contributed by atoms with Gasteiger partial charge >= 0.3 is 0 Å². The first-order chi connectivity index (χ1) is 10.0. The van der Waals surface area contributed by atoms with Crippen molar-refractivity contribution in [3.05, 3.63) is 29.1 Å². The summed E-state index contributed by atoms with van der Waals surface area (Å²) in [6.45, 7) is 11.4. The minimum atomic E-state index is 0.571. The molecular formula is C17H27N3O. The van der Waals surface area contributed by atoms with Crippen molar-refractivity contribution in [2.45, 2.75) is 40.7 Å². The van der Waals surface area contributed by atoms with Gasteiger partial charge in [0, 0.05) is 19.5 Å². The van der Waals surface area contributed by atoms with Crippen molar-refractivity contribution in [2.75, 3.05) is 19.8 Å². The minimum Gasteiger partial charge on any atom is -0.378 e. The summed E-state index contributed by atoms with van der Waals surface area (Å²) in [5.74, 6) is 1.74. The summed E-state index contributed by atoms with van der Waals surface area (Å²) in [4.78, 5) is 4.84. The molecule has 1 aromatic carbocycles. The average Bonchev–Trinajstić information content (AvgIpc) is 2.72. The summed E-state index contributed by atoms with van der Waals surface area (Å²) in [5.41, 5.74) is 10.4. The number of nitrogens with zero attached hydrogens (tertiary/aromatic N) is 2. The lowest BCUT2D eigenvalue weighted by molar-refractivity contribution is 0.133. The van der Waals surface area contributed by atoms with Gasteiger partial charge in [-0.15, -0.1) is 0 Å². The first kappa shape index (κ1) is 16.0. The fraction of sp³-hybridized carbons (Fsp3) is 0.588. The van der Waals surface area contributed by atoms with Crippen LogP contribution < -0.4 is 5.73 Å². The van der Waals surface area contributed by atoms with Crippen molar-refractivity contribution in [2.24, 2.45) is 11.7 Å². The van der Waals surface area contributed by atoms with E-state index in [9.17, 15) is 0 Å². The fourth-order valence-electron chi connectivity index (χ4n) is 2.54. The molecule has 0 amide bonds. The van der Waals surface area contributed by atoms with Gasteiger partial charge in [-0.25, -0.2) is 4.98 Å². The molecule has 0 aliphatic heterocycles. The standard InChI is InChI=1S/C17H27N3O/c1-12(2)9-17-19-15-10-13(3)14(4)11-16(15)20(17)6-8-21-7-5-18/h10-12H,5-9,18H2,1-4H3. The summed E-state index contributed by atoms with van der Waals surface area (Å²) in [6.07, 6.45) is 0.990. The van der Waals surface area contributed by atoms with E-state index in [-0.39, 0.29) is 0 Å². The maximum absolute atomic E-state index is 5.55. The molecule has 0 atom stereocenters. The second kappa shape index (κ2) is 7.05. The molecule has 0 radical (unpaired) electrons. The van der Waals surface area contributed by atoms with E-state index in [4.69, 9.17) is 15.5 Å². The zero-order valence-corrected chi connectivity index (χ0v) is 13.6. The van der Waals surface area contributed by atoms with Gasteiger partial charge in [0.2, 0.25) is 0 Å². The van der Waals surface area contributed by atoms with Crippen molar-refractivity contribution in [1.82, 2.24) is 9.55 Å². The molecule has 0 fully saturated rings. The third kappa shape index (κ3) is 3.83. The Hall–Kier alpha value is -1.39. The Balaban J connectivity index is 2.34. The molecule has 116 valence electrons. The SMILES string of the molecule is Cc1cc2nc(CC(C)C)n(CCOCCN)c2cc1C. The van der Waals surface area contributed by atoms with Crippen LogP contribution in [0.25, 0.3) is 11.0 Å². The number of rotatable bonds is 7. The highest BCUT2D eigenvalue weighted by molar-refractivity contribution is 5.78. The van der Waals surface area contributed by atoms with Crippen LogP contribution >= 0.6 is 0 Å². The lowest BCUT2D eigenvalue weighted by atomic mass is 10.1. The lowest BCUT2D eigenvalue weighted by Crippen LogP contribution is -2.14. The average molecular weight is 289 g/mol. The van der Waals surface area contributed by atoms with Gasteiger partial charge in [-0.3, -0.25) is 0 Å². The van der Waals surface area contributed by atoms with Gasteiger partial charge in [0.1, 0.15) is 5.82 Å². The van der Waals surface area contributed by atoms with Crippen LogP contribution in [0.5, 0.6) is 0 Å². The molecule has 1 heterocycles. The molecule has 0 spiro atoms. The predicted molar refractivity (Wildman–Crippen MR) is 87.6 cm³/mol. The second-order valence-electron chi connectivity index (χ2n) is 6.10. The van der Waals surface area contributed by atoms with E-state index < -0.39 is 0 Å². The number of hydrogen-bond acceptors (Lipinski definition) is 3.